The quantitative estimate of drug-likeness (QED) is 0.703. The van der Waals surface area contributed by atoms with Crippen molar-refractivity contribution in [2.45, 2.75) is 23.3 Å². The summed E-state index contributed by atoms with van der Waals surface area (Å²) in [6.45, 7) is 3.95. The molecular weight excluding hydrogens is 450 g/mol. The predicted molar refractivity (Wildman–Crippen MR) is 132 cm³/mol. The number of thioether (sulfide) groups is 1. The maximum atomic E-state index is 6.81. The fourth-order valence-electron chi connectivity index (χ4n) is 5.34. The van der Waals surface area contributed by atoms with E-state index in [2.05, 4.69) is 45.9 Å². The number of hydrogen-bond acceptors (Lipinski definition) is 8. The molecule has 1 aromatic rings. The van der Waals surface area contributed by atoms with Gasteiger partial charge in [-0.25, -0.2) is 15.5 Å². The number of allylic oxidation sites excluding steroid dienone is 4. The number of hydrogen-bond donors (Lipinski definition) is 1. The van der Waals surface area contributed by atoms with E-state index in [0.717, 1.165) is 54.6 Å². The summed E-state index contributed by atoms with van der Waals surface area (Å²) in [6.07, 6.45) is 16.7. The van der Waals surface area contributed by atoms with E-state index in [1.165, 1.54) is 0 Å². The normalized spacial score (nSPS) is 31.3. The van der Waals surface area contributed by atoms with Crippen molar-refractivity contribution in [3.8, 4) is 5.75 Å². The molecule has 1 N–H and O–H groups in total. The maximum Gasteiger partial charge on any atom is 0.144 e. The summed E-state index contributed by atoms with van der Waals surface area (Å²) in [5.74, 6) is 2.82. The molecule has 0 amide bonds. The number of para-hydroxylation sites is 1. The zero-order chi connectivity index (χ0) is 22.8. The van der Waals surface area contributed by atoms with Crippen LogP contribution in [-0.2, 0) is 14.3 Å². The van der Waals surface area contributed by atoms with E-state index in [1.807, 2.05) is 42.1 Å². The van der Waals surface area contributed by atoms with Gasteiger partial charge in [-0.1, -0.05) is 24.3 Å². The molecule has 0 aliphatic carbocycles. The number of nitrogens with one attached hydrogen (secondary N) is 1. The van der Waals surface area contributed by atoms with Crippen molar-refractivity contribution in [1.82, 2.24) is 15.5 Å². The molecule has 0 radical (unpaired) electrons. The van der Waals surface area contributed by atoms with Crippen LogP contribution in [0.4, 0.5) is 0 Å². The van der Waals surface area contributed by atoms with Crippen molar-refractivity contribution in [1.29, 1.82) is 0 Å². The van der Waals surface area contributed by atoms with E-state index >= 15 is 0 Å². The minimum atomic E-state index is -0.633. The number of hydroxylamine groups is 1. The Morgan fingerprint density at radius 2 is 2.00 bits per heavy atom. The van der Waals surface area contributed by atoms with Gasteiger partial charge in [-0.2, -0.15) is 0 Å². The third-order valence-corrected chi connectivity index (χ3v) is 8.17. The molecule has 5 aliphatic rings. The molecule has 3 atom stereocenters. The summed E-state index contributed by atoms with van der Waals surface area (Å²) in [7, 11) is 0. The molecule has 1 aromatic carbocycles. The van der Waals surface area contributed by atoms with E-state index < -0.39 is 5.54 Å². The number of hydrazine groups is 1. The molecule has 2 saturated heterocycles. The highest BCUT2D eigenvalue weighted by Crippen LogP contribution is 2.49. The molecule has 7 nitrogen and oxygen atoms in total. The number of nitrogens with zero attached hydrogens (tertiary/aromatic N) is 2. The summed E-state index contributed by atoms with van der Waals surface area (Å²) in [4.78, 5) is 5.66. The van der Waals surface area contributed by atoms with Gasteiger partial charge < -0.3 is 19.0 Å². The standard InChI is InChI=1S/C26H29N3O4S/c1-2-7-21-20(6-1)10-11-24(33-21)26(23-9-5-16-32-27-23)25(22-8-3-4-15-31-22)34-19-14-29(26)28-12-17-30-18-13-28/h1-2,4-11,15-16,24-25,27H,3,12-14,17-19H2. The summed E-state index contributed by atoms with van der Waals surface area (Å²) in [5.41, 5.74) is 4.64. The molecule has 6 rings (SSSR count). The van der Waals surface area contributed by atoms with Gasteiger partial charge in [-0.3, -0.25) is 0 Å². The van der Waals surface area contributed by atoms with Crippen LogP contribution in [0, 0.1) is 0 Å². The molecule has 34 heavy (non-hydrogen) atoms. The lowest BCUT2D eigenvalue weighted by molar-refractivity contribution is -0.160. The van der Waals surface area contributed by atoms with Crippen molar-refractivity contribution in [3.63, 3.8) is 0 Å². The maximum absolute atomic E-state index is 6.81. The second-order valence-electron chi connectivity index (χ2n) is 8.66. The van der Waals surface area contributed by atoms with Gasteiger partial charge in [-0.15, -0.1) is 11.8 Å². The van der Waals surface area contributed by atoms with Crippen LogP contribution in [0.1, 0.15) is 12.0 Å². The Hall–Kier alpha value is -2.65. The summed E-state index contributed by atoms with van der Waals surface area (Å²) < 4.78 is 18.7. The Balaban J connectivity index is 1.52. The summed E-state index contributed by atoms with van der Waals surface area (Å²) in [6, 6.07) is 8.19. The van der Waals surface area contributed by atoms with Crippen molar-refractivity contribution >= 4 is 17.8 Å². The van der Waals surface area contributed by atoms with Crippen LogP contribution in [-0.4, -0.2) is 65.5 Å². The number of ether oxygens (including phenoxy) is 3. The first kappa shape index (κ1) is 21.9. The Bertz CT molecular complexity index is 1060. The van der Waals surface area contributed by atoms with Crippen molar-refractivity contribution in [2.24, 2.45) is 0 Å². The number of fused-ring (bicyclic) bond motifs is 1. The molecule has 0 saturated carbocycles. The van der Waals surface area contributed by atoms with Crippen molar-refractivity contribution in [3.05, 3.63) is 84.2 Å². The first-order valence-electron chi connectivity index (χ1n) is 11.8. The molecular formula is C26H29N3O4S. The van der Waals surface area contributed by atoms with Crippen LogP contribution >= 0.6 is 11.8 Å². The Kier molecular flexibility index (Phi) is 6.13. The monoisotopic (exact) mass is 479 g/mol. The van der Waals surface area contributed by atoms with E-state index in [-0.39, 0.29) is 11.4 Å². The van der Waals surface area contributed by atoms with E-state index in [9.17, 15) is 0 Å². The molecule has 0 aromatic heterocycles. The van der Waals surface area contributed by atoms with Gasteiger partial charge in [0.2, 0.25) is 0 Å². The SMILES string of the molecule is C1=CONC(C2(C3C=Cc4ccccc4O3)C(C3=CCC=CO3)SCCN2N2CCOCC2)=C1. The minimum Gasteiger partial charge on any atom is -0.483 e. The second kappa shape index (κ2) is 9.54. The van der Waals surface area contributed by atoms with Crippen LogP contribution in [0.15, 0.2) is 78.6 Å². The lowest BCUT2D eigenvalue weighted by atomic mass is 9.80. The first-order valence-corrected chi connectivity index (χ1v) is 12.9. The fourth-order valence-corrected chi connectivity index (χ4v) is 6.80. The molecule has 2 fully saturated rings. The van der Waals surface area contributed by atoms with Crippen LogP contribution < -0.4 is 10.2 Å². The van der Waals surface area contributed by atoms with Gasteiger partial charge in [0.15, 0.2) is 0 Å². The summed E-state index contributed by atoms with van der Waals surface area (Å²) >= 11 is 1.91. The molecule has 8 heteroatoms. The highest BCUT2D eigenvalue weighted by atomic mass is 32.2. The third-order valence-electron chi connectivity index (χ3n) is 6.82. The Morgan fingerprint density at radius 1 is 1.09 bits per heavy atom. The highest BCUT2D eigenvalue weighted by molar-refractivity contribution is 8.00. The first-order chi connectivity index (χ1) is 16.9. The lowest BCUT2D eigenvalue weighted by Gasteiger charge is -2.58. The predicted octanol–water partition coefficient (Wildman–Crippen LogP) is 3.61. The molecule has 3 unspecified atom stereocenters. The van der Waals surface area contributed by atoms with Crippen LogP contribution in [0.5, 0.6) is 5.75 Å². The van der Waals surface area contributed by atoms with E-state index in [1.54, 1.807) is 12.5 Å². The lowest BCUT2D eigenvalue weighted by Crippen LogP contribution is -2.74. The topological polar surface area (TPSA) is 55.4 Å². The Morgan fingerprint density at radius 3 is 2.82 bits per heavy atom. The zero-order valence-electron chi connectivity index (χ0n) is 19.0. The molecule has 5 heterocycles. The molecule has 5 aliphatic heterocycles. The fraction of sp³-hybridized carbons (Fsp3) is 0.385. The molecule has 0 spiro atoms. The van der Waals surface area contributed by atoms with Gasteiger partial charge in [-0.05, 0) is 42.9 Å². The third kappa shape index (κ3) is 3.75. The number of rotatable bonds is 4. The number of benzene rings is 1. The summed E-state index contributed by atoms with van der Waals surface area (Å²) in [5, 5.41) is 4.89. The zero-order valence-corrected chi connectivity index (χ0v) is 19.8. The van der Waals surface area contributed by atoms with Crippen LogP contribution in [0.25, 0.3) is 6.08 Å². The average Bonchev–Trinajstić information content (AvgIpc) is 2.93. The van der Waals surface area contributed by atoms with Gasteiger partial charge in [0, 0.05) is 31.0 Å². The second-order valence-corrected chi connectivity index (χ2v) is 9.87. The Labute approximate surface area is 204 Å². The van der Waals surface area contributed by atoms with Crippen molar-refractivity contribution in [2.75, 3.05) is 38.6 Å². The van der Waals surface area contributed by atoms with Gasteiger partial charge in [0.1, 0.15) is 29.4 Å². The smallest absolute Gasteiger partial charge is 0.144 e. The van der Waals surface area contributed by atoms with Crippen molar-refractivity contribution < 1.29 is 19.0 Å². The van der Waals surface area contributed by atoms with Gasteiger partial charge in [0.05, 0.1) is 30.4 Å². The van der Waals surface area contributed by atoms with Crippen LogP contribution in [0.3, 0.4) is 0 Å². The minimum absolute atomic E-state index is 0.0252. The molecule has 0 bridgehead atoms. The van der Waals surface area contributed by atoms with E-state index in [4.69, 9.17) is 19.0 Å². The van der Waals surface area contributed by atoms with Gasteiger partial charge in [0.25, 0.3) is 0 Å². The van der Waals surface area contributed by atoms with E-state index in [0.29, 0.717) is 13.2 Å². The molecule has 178 valence electrons. The largest absolute Gasteiger partial charge is 0.483 e. The number of morpholine rings is 1. The van der Waals surface area contributed by atoms with Crippen LogP contribution in [0.2, 0.25) is 0 Å². The highest BCUT2D eigenvalue weighted by Gasteiger charge is 2.60. The van der Waals surface area contributed by atoms with Gasteiger partial charge >= 0.3 is 0 Å². The average molecular weight is 480 g/mol.